The average Bonchev–Trinajstić information content (AvgIpc) is 2.50. The van der Waals surface area contributed by atoms with Gasteiger partial charge in [0, 0.05) is 4.88 Å². The lowest BCUT2D eigenvalue weighted by Gasteiger charge is -2.12. The first-order chi connectivity index (χ1) is 5.92. The number of rotatable bonds is 2. The van der Waals surface area contributed by atoms with Gasteiger partial charge in [-0.05, 0) is 48.6 Å². The van der Waals surface area contributed by atoms with Crippen molar-refractivity contribution < 1.29 is 0 Å². The molecule has 1 heterocycles. The van der Waals surface area contributed by atoms with Crippen LogP contribution in [0.4, 0.5) is 0 Å². The van der Waals surface area contributed by atoms with E-state index in [4.69, 9.17) is 0 Å². The van der Waals surface area contributed by atoms with E-state index in [1.54, 1.807) is 16.0 Å². The van der Waals surface area contributed by atoms with Gasteiger partial charge >= 0.3 is 0 Å². The molecule has 0 unspecified atom stereocenters. The quantitative estimate of drug-likeness (QED) is 0.652. The fourth-order valence-corrected chi connectivity index (χ4v) is 3.22. The second kappa shape index (κ2) is 3.61. The van der Waals surface area contributed by atoms with Crippen LogP contribution in [0.25, 0.3) is 0 Å². The van der Waals surface area contributed by atoms with Gasteiger partial charge in [-0.2, -0.15) is 0 Å². The minimum atomic E-state index is 1.29. The lowest BCUT2D eigenvalue weighted by Crippen LogP contribution is -2.00. The molecule has 0 amide bonds. The summed E-state index contributed by atoms with van der Waals surface area (Å²) in [5.41, 5.74) is 3.37. The monoisotopic (exact) mass is 180 g/mol. The molecule has 0 aliphatic heterocycles. The molecular weight excluding hydrogens is 164 g/mol. The minimum absolute atomic E-state index is 1.29. The van der Waals surface area contributed by atoms with Crippen LogP contribution in [0.3, 0.4) is 0 Å². The van der Waals surface area contributed by atoms with Crippen molar-refractivity contribution in [2.24, 2.45) is 0 Å². The molecule has 12 heavy (non-hydrogen) atoms. The first-order valence-corrected chi connectivity index (χ1v) is 5.88. The highest BCUT2D eigenvalue weighted by molar-refractivity contribution is 7.10. The number of aryl methyl sites for hydroxylation is 2. The van der Waals surface area contributed by atoms with E-state index in [2.05, 4.69) is 12.3 Å². The van der Waals surface area contributed by atoms with Crippen molar-refractivity contribution in [2.45, 2.75) is 45.4 Å². The van der Waals surface area contributed by atoms with Gasteiger partial charge < -0.3 is 0 Å². The van der Waals surface area contributed by atoms with E-state index in [9.17, 15) is 0 Å². The number of thiophene rings is 1. The Balaban J connectivity index is 2.25. The van der Waals surface area contributed by atoms with Crippen LogP contribution in [-0.2, 0) is 19.3 Å². The zero-order chi connectivity index (χ0) is 8.39. The van der Waals surface area contributed by atoms with E-state index in [-0.39, 0.29) is 0 Å². The minimum Gasteiger partial charge on any atom is -0.148 e. The number of hydrogen-bond acceptors (Lipinski definition) is 1. The van der Waals surface area contributed by atoms with E-state index in [1.807, 2.05) is 11.3 Å². The van der Waals surface area contributed by atoms with E-state index in [0.717, 1.165) is 0 Å². The van der Waals surface area contributed by atoms with Crippen molar-refractivity contribution in [1.82, 2.24) is 0 Å². The molecule has 0 N–H and O–H groups in total. The highest BCUT2D eigenvalue weighted by atomic mass is 32.1. The van der Waals surface area contributed by atoms with Crippen molar-refractivity contribution in [1.29, 1.82) is 0 Å². The third-order valence-electron chi connectivity index (χ3n) is 2.67. The number of fused-ring (bicyclic) bond motifs is 1. The zero-order valence-corrected chi connectivity index (χ0v) is 8.54. The van der Waals surface area contributed by atoms with Crippen LogP contribution in [0.2, 0.25) is 0 Å². The van der Waals surface area contributed by atoms with Gasteiger partial charge in [0.05, 0.1) is 0 Å². The van der Waals surface area contributed by atoms with E-state index < -0.39 is 0 Å². The SMILES string of the molecule is CCCc1csc2c1CCCC2. The summed E-state index contributed by atoms with van der Waals surface area (Å²) >= 11 is 1.99. The molecule has 0 nitrogen and oxygen atoms in total. The lowest BCUT2D eigenvalue weighted by molar-refractivity contribution is 0.689. The smallest absolute Gasteiger partial charge is 0.00800 e. The molecule has 0 spiro atoms. The van der Waals surface area contributed by atoms with Gasteiger partial charge in [-0.25, -0.2) is 0 Å². The third kappa shape index (κ3) is 1.42. The Kier molecular flexibility index (Phi) is 2.50. The molecule has 0 fully saturated rings. The van der Waals surface area contributed by atoms with Gasteiger partial charge in [-0.3, -0.25) is 0 Å². The Hall–Kier alpha value is -0.300. The Morgan fingerprint density at radius 3 is 3.00 bits per heavy atom. The number of hydrogen-bond donors (Lipinski definition) is 0. The predicted molar refractivity (Wildman–Crippen MR) is 55.0 cm³/mol. The molecule has 66 valence electrons. The summed E-state index contributed by atoms with van der Waals surface area (Å²) in [6.45, 7) is 2.27. The molecule has 1 heteroatoms. The Bertz CT molecular complexity index is 260. The fourth-order valence-electron chi connectivity index (χ4n) is 2.04. The highest BCUT2D eigenvalue weighted by Gasteiger charge is 2.14. The molecule has 0 atom stereocenters. The second-order valence-corrected chi connectivity index (χ2v) is 4.58. The molecule has 0 radical (unpaired) electrons. The van der Waals surface area contributed by atoms with E-state index in [1.165, 1.54) is 38.5 Å². The van der Waals surface area contributed by atoms with Gasteiger partial charge in [-0.15, -0.1) is 11.3 Å². The van der Waals surface area contributed by atoms with Crippen LogP contribution in [0.5, 0.6) is 0 Å². The first-order valence-electron chi connectivity index (χ1n) is 5.00. The largest absolute Gasteiger partial charge is 0.148 e. The average molecular weight is 180 g/mol. The highest BCUT2D eigenvalue weighted by Crippen LogP contribution is 2.30. The molecule has 0 saturated heterocycles. The molecule has 1 aliphatic carbocycles. The summed E-state index contributed by atoms with van der Waals surface area (Å²) in [5, 5.41) is 2.39. The molecule has 0 bridgehead atoms. The maximum Gasteiger partial charge on any atom is 0.00800 e. The summed E-state index contributed by atoms with van der Waals surface area (Å²) in [7, 11) is 0. The predicted octanol–water partition coefficient (Wildman–Crippen LogP) is 3.58. The second-order valence-electron chi connectivity index (χ2n) is 3.62. The summed E-state index contributed by atoms with van der Waals surface area (Å²) < 4.78 is 0. The van der Waals surface area contributed by atoms with Crippen molar-refractivity contribution in [3.8, 4) is 0 Å². The van der Waals surface area contributed by atoms with Gasteiger partial charge in [0.2, 0.25) is 0 Å². The Morgan fingerprint density at radius 2 is 2.17 bits per heavy atom. The lowest BCUT2D eigenvalue weighted by atomic mass is 9.94. The van der Waals surface area contributed by atoms with Crippen LogP contribution >= 0.6 is 11.3 Å². The molecule has 1 aromatic rings. The van der Waals surface area contributed by atoms with Crippen molar-refractivity contribution in [3.05, 3.63) is 21.4 Å². The standard InChI is InChI=1S/C11H16S/c1-2-5-9-8-12-11-7-4-3-6-10(9)11/h8H,2-7H2,1H3. The normalized spacial score (nSPS) is 16.1. The van der Waals surface area contributed by atoms with Gasteiger partial charge in [-0.1, -0.05) is 13.3 Å². The topological polar surface area (TPSA) is 0 Å². The molecule has 1 aromatic heterocycles. The molecule has 0 saturated carbocycles. The van der Waals surface area contributed by atoms with Crippen LogP contribution in [-0.4, -0.2) is 0 Å². The van der Waals surface area contributed by atoms with Gasteiger partial charge in [0.15, 0.2) is 0 Å². The van der Waals surface area contributed by atoms with E-state index in [0.29, 0.717) is 0 Å². The van der Waals surface area contributed by atoms with Crippen molar-refractivity contribution in [2.75, 3.05) is 0 Å². The van der Waals surface area contributed by atoms with Crippen LogP contribution < -0.4 is 0 Å². The van der Waals surface area contributed by atoms with Crippen LogP contribution in [0.1, 0.15) is 42.2 Å². The summed E-state index contributed by atoms with van der Waals surface area (Å²) in [5.74, 6) is 0. The molecule has 2 rings (SSSR count). The maximum atomic E-state index is 2.39. The van der Waals surface area contributed by atoms with Gasteiger partial charge in [0.25, 0.3) is 0 Å². The summed E-state index contributed by atoms with van der Waals surface area (Å²) in [6.07, 6.45) is 8.13. The Morgan fingerprint density at radius 1 is 1.33 bits per heavy atom. The summed E-state index contributed by atoms with van der Waals surface area (Å²) in [6, 6.07) is 0. The van der Waals surface area contributed by atoms with Crippen molar-refractivity contribution in [3.63, 3.8) is 0 Å². The van der Waals surface area contributed by atoms with Crippen molar-refractivity contribution >= 4 is 11.3 Å². The molecule has 0 aromatic carbocycles. The summed E-state index contributed by atoms with van der Waals surface area (Å²) in [4.78, 5) is 1.68. The molecular formula is C11H16S. The van der Waals surface area contributed by atoms with E-state index >= 15 is 0 Å². The maximum absolute atomic E-state index is 2.39. The fraction of sp³-hybridized carbons (Fsp3) is 0.636. The van der Waals surface area contributed by atoms with Crippen LogP contribution in [0.15, 0.2) is 5.38 Å². The van der Waals surface area contributed by atoms with Gasteiger partial charge in [0.1, 0.15) is 0 Å². The first kappa shape index (κ1) is 8.31. The Labute approximate surface area is 78.6 Å². The molecule has 1 aliphatic rings. The third-order valence-corrected chi connectivity index (χ3v) is 3.81. The zero-order valence-electron chi connectivity index (χ0n) is 7.73. The van der Waals surface area contributed by atoms with Crippen LogP contribution in [0, 0.1) is 0 Å².